The van der Waals surface area contributed by atoms with E-state index in [4.69, 9.17) is 9.47 Å². The Hall–Kier alpha value is 0.732. The van der Waals surface area contributed by atoms with Gasteiger partial charge in [-0.1, -0.05) is 24.3 Å². The normalized spacial score (nSPS) is 37.0. The Kier molecular flexibility index (Phi) is 14.8. The first-order valence-electron chi connectivity index (χ1n) is 8.29. The van der Waals surface area contributed by atoms with Crippen molar-refractivity contribution in [2.45, 2.75) is 24.4 Å². The Morgan fingerprint density at radius 1 is 0.581 bits per heavy atom. The Balaban J connectivity index is 0. The summed E-state index contributed by atoms with van der Waals surface area (Å²) >= 11 is 0. The minimum Gasteiger partial charge on any atom is -0.595 e. The maximum absolute atomic E-state index is 12.0. The summed E-state index contributed by atoms with van der Waals surface area (Å²) in [5.74, 6) is -4.79. The maximum atomic E-state index is 12.0. The molecule has 0 aromatic heterocycles. The molecule has 161 valence electrons. The molecule has 4 rings (SSSR count). The summed E-state index contributed by atoms with van der Waals surface area (Å²) in [7, 11) is 0. The second kappa shape index (κ2) is 13.6. The number of fused-ring (bicyclic) bond motifs is 2. The first-order chi connectivity index (χ1) is 12.5. The van der Waals surface area contributed by atoms with E-state index in [1.54, 1.807) is 12.2 Å². The fourth-order valence-electron chi connectivity index (χ4n) is 4.16. The van der Waals surface area contributed by atoms with Gasteiger partial charge in [0.05, 0.1) is 48.0 Å². The summed E-state index contributed by atoms with van der Waals surface area (Å²) in [6, 6.07) is 0. The van der Waals surface area contributed by atoms with Gasteiger partial charge in [0.25, 0.3) is 0 Å². The van der Waals surface area contributed by atoms with E-state index in [1.165, 1.54) is 12.2 Å². The van der Waals surface area contributed by atoms with Gasteiger partial charge in [-0.15, -0.1) is 13.2 Å². The van der Waals surface area contributed by atoms with Crippen LogP contribution in [0.25, 0.3) is 10.6 Å². The monoisotopic (exact) mass is 653 g/mol. The molecule has 4 heterocycles. The van der Waals surface area contributed by atoms with Gasteiger partial charge in [-0.3, -0.25) is 0 Å². The second-order valence-corrected chi connectivity index (χ2v) is 6.67. The molecule has 0 aromatic carbocycles. The number of hydrogen-bond acceptors (Lipinski definition) is 6. The van der Waals surface area contributed by atoms with Crippen LogP contribution in [-0.4, -0.2) is 48.0 Å². The minimum atomic E-state index is -0.709. The molecule has 4 unspecified atom stereocenters. The zero-order chi connectivity index (χ0) is 18.6. The van der Waals surface area contributed by atoms with Gasteiger partial charge in [-0.2, -0.15) is 0 Å². The third-order valence-corrected chi connectivity index (χ3v) is 5.35. The third-order valence-electron chi connectivity index (χ3n) is 5.35. The van der Waals surface area contributed by atoms with E-state index >= 15 is 0 Å². The summed E-state index contributed by atoms with van der Waals surface area (Å²) in [4.78, 5) is 47.8. The van der Waals surface area contributed by atoms with Crippen molar-refractivity contribution in [1.29, 1.82) is 0 Å². The fraction of sp³-hybridized carbons (Fsp3) is 0.400. The van der Waals surface area contributed by atoms with Crippen molar-refractivity contribution in [3.8, 4) is 0 Å². The van der Waals surface area contributed by atoms with Crippen molar-refractivity contribution in [2.24, 2.45) is 23.7 Å². The van der Waals surface area contributed by atoms with Crippen LogP contribution in [0.4, 0.5) is 0 Å². The van der Waals surface area contributed by atoms with E-state index in [0.29, 0.717) is 0 Å². The largest absolute Gasteiger partial charge is 0.595 e. The van der Waals surface area contributed by atoms with E-state index in [-0.39, 0.29) is 113 Å². The molecular weight excluding hydrogens is 631 g/mol. The zero-order valence-corrected chi connectivity index (χ0v) is 25.9. The van der Waals surface area contributed by atoms with Crippen molar-refractivity contribution < 1.29 is 127 Å². The molecule has 31 heavy (non-hydrogen) atoms. The van der Waals surface area contributed by atoms with Gasteiger partial charge in [-0.25, -0.2) is 0 Å². The number of ether oxygens (including phenoxy) is 2. The Morgan fingerprint density at radius 3 is 1.10 bits per heavy atom. The number of amides is 4. The van der Waals surface area contributed by atoms with Gasteiger partial charge in [-0.05, 0) is 0 Å². The van der Waals surface area contributed by atoms with Crippen molar-refractivity contribution in [2.75, 3.05) is 0 Å². The second-order valence-electron chi connectivity index (χ2n) is 6.67. The van der Waals surface area contributed by atoms with E-state index in [9.17, 15) is 19.2 Å². The molecule has 0 N–H and O–H groups in total. The van der Waals surface area contributed by atoms with E-state index in [0.717, 1.165) is 0 Å². The number of carbonyl (C=O) groups is 4. The van der Waals surface area contributed by atoms with Crippen LogP contribution in [-0.2, 0) is 127 Å². The fourth-order valence-corrected chi connectivity index (χ4v) is 4.16. The van der Waals surface area contributed by atoms with Crippen LogP contribution in [0.2, 0.25) is 0 Å². The molecular formula is C20H22N2O6Y3-4. The van der Waals surface area contributed by atoms with Crippen molar-refractivity contribution >= 4 is 23.6 Å². The topological polar surface area (TPSA) is 115 Å². The SMILES string of the molecule is C=C[C@@H]1O[C@H](/C=C\[C@@H]2O[C@H](C=C)C3C(=O)[N-]C(=O)C32)C2C(=O)[N-]C(=O)C21.[CH3-].[CH3-].[Y].[Y].[Y]. The molecule has 8 atom stereocenters. The average Bonchev–Trinajstić information content (AvgIpc) is 3.30. The number of rotatable bonds is 4. The number of nitrogens with zero attached hydrogens (tertiary/aromatic N) is 2. The molecule has 0 spiro atoms. The van der Waals surface area contributed by atoms with Crippen LogP contribution in [0.1, 0.15) is 0 Å². The molecule has 8 nitrogen and oxygen atoms in total. The van der Waals surface area contributed by atoms with Crippen LogP contribution in [0.5, 0.6) is 0 Å². The molecule has 0 aromatic rings. The number of carbonyl (C=O) groups excluding carboxylic acids is 4. The molecule has 0 saturated carbocycles. The van der Waals surface area contributed by atoms with Gasteiger partial charge >= 0.3 is 0 Å². The van der Waals surface area contributed by atoms with Gasteiger partial charge in [0.1, 0.15) is 0 Å². The standard InChI is InChI=1S/C18H18N2O6.2CH3.3Y/c1-3-7-11-13(17(23)19-15(11)21)9(25-7)5-6-10-14-12(8(4-2)26-10)16(22)20-18(14)24;;;;;/h3-14H,1-2H2,(H2,19,20,21,22,23,24);2*1H3;;;/q;2*-1;;;/p-2/b6-5-;;;;;/t7-,8+,9+,10-,11?,12?,13?,14?;;;;;. The Bertz CT molecular complexity index is 712. The molecule has 4 saturated heterocycles. The van der Waals surface area contributed by atoms with Crippen molar-refractivity contribution in [3.63, 3.8) is 0 Å². The van der Waals surface area contributed by atoms with E-state index in [1.807, 2.05) is 0 Å². The van der Waals surface area contributed by atoms with Crippen LogP contribution in [0.15, 0.2) is 37.5 Å². The Morgan fingerprint density at radius 2 is 0.839 bits per heavy atom. The summed E-state index contributed by atoms with van der Waals surface area (Å²) in [5, 5.41) is 7.01. The van der Waals surface area contributed by atoms with E-state index < -0.39 is 71.7 Å². The summed E-state index contributed by atoms with van der Waals surface area (Å²) in [6.45, 7) is 7.27. The maximum Gasteiger partial charge on any atom is 0.0854 e. The van der Waals surface area contributed by atoms with Crippen LogP contribution < -0.4 is 0 Å². The molecule has 0 aliphatic carbocycles. The molecule has 11 heteroatoms. The van der Waals surface area contributed by atoms with E-state index in [2.05, 4.69) is 23.8 Å². The molecule has 3 radical (unpaired) electrons. The van der Waals surface area contributed by atoms with Gasteiger partial charge in [0.2, 0.25) is 0 Å². The minimum absolute atomic E-state index is 0. The van der Waals surface area contributed by atoms with Crippen LogP contribution in [0.3, 0.4) is 0 Å². The molecule has 4 aliphatic heterocycles. The molecule has 4 amide bonds. The predicted molar refractivity (Wildman–Crippen MR) is 100 cm³/mol. The van der Waals surface area contributed by atoms with Gasteiger partial charge in [0, 0.05) is 122 Å². The molecule has 0 bridgehead atoms. The summed E-state index contributed by atoms with van der Waals surface area (Å²) < 4.78 is 11.5. The predicted octanol–water partition coefficient (Wildman–Crippen LogP) is 1.69. The van der Waals surface area contributed by atoms with Crippen LogP contribution >= 0.6 is 0 Å². The summed E-state index contributed by atoms with van der Waals surface area (Å²) in [5.41, 5.74) is 0. The third kappa shape index (κ3) is 5.87. The van der Waals surface area contributed by atoms with Crippen molar-refractivity contribution in [3.05, 3.63) is 62.9 Å². The first-order valence-corrected chi connectivity index (χ1v) is 8.29. The number of hydrogen-bond donors (Lipinski definition) is 0. The quantitative estimate of drug-likeness (QED) is 0.260. The van der Waals surface area contributed by atoms with Gasteiger partial charge in [0.15, 0.2) is 0 Å². The Labute approximate surface area is 258 Å². The number of imide groups is 2. The summed E-state index contributed by atoms with van der Waals surface area (Å²) in [6.07, 6.45) is 3.59. The van der Waals surface area contributed by atoms with Crippen LogP contribution in [0, 0.1) is 38.5 Å². The van der Waals surface area contributed by atoms with Gasteiger partial charge < -0.3 is 54.1 Å². The van der Waals surface area contributed by atoms with Crippen molar-refractivity contribution in [1.82, 2.24) is 0 Å². The molecule has 4 fully saturated rings. The first kappa shape index (κ1) is 33.9. The molecule has 4 aliphatic rings. The zero-order valence-electron chi connectivity index (χ0n) is 17.4. The smallest absolute Gasteiger partial charge is 0.0854 e. The average molecular weight is 653 g/mol.